The number of rotatable bonds is 2. The molecule has 2 aliphatic heterocycles. The first-order valence-electron chi connectivity index (χ1n) is 8.71. The fourth-order valence-electron chi connectivity index (χ4n) is 5.04. The molecular weight excluding hydrogens is 274 g/mol. The van der Waals surface area contributed by atoms with Crippen molar-refractivity contribution in [2.75, 3.05) is 11.4 Å². The van der Waals surface area contributed by atoms with Gasteiger partial charge in [-0.15, -0.1) is 0 Å². The van der Waals surface area contributed by atoms with E-state index in [9.17, 15) is 0 Å². The molecule has 116 valence electrons. The highest BCUT2D eigenvalue weighted by atomic mass is 15.3. The molecule has 4 heterocycles. The van der Waals surface area contributed by atoms with Crippen LogP contribution in [0, 0.1) is 5.92 Å². The third-order valence-corrected chi connectivity index (χ3v) is 5.95. The molecule has 3 aliphatic rings. The summed E-state index contributed by atoms with van der Waals surface area (Å²) in [5.41, 5.74) is 0.959. The molecule has 5 nitrogen and oxygen atoms in total. The minimum absolute atomic E-state index is 0.606. The number of nitrogens with zero attached hydrogens (tertiary/aromatic N) is 3. The fourth-order valence-corrected chi connectivity index (χ4v) is 5.04. The van der Waals surface area contributed by atoms with Crippen LogP contribution in [0.1, 0.15) is 38.5 Å². The van der Waals surface area contributed by atoms with Crippen LogP contribution in [0.2, 0.25) is 0 Å². The molecule has 0 radical (unpaired) electrons. The number of aromatic amines is 1. The van der Waals surface area contributed by atoms with E-state index in [1.54, 1.807) is 6.33 Å². The van der Waals surface area contributed by atoms with Crippen LogP contribution >= 0.6 is 0 Å². The maximum atomic E-state index is 4.69. The molecule has 5 rings (SSSR count). The van der Waals surface area contributed by atoms with Gasteiger partial charge in [0, 0.05) is 30.9 Å². The van der Waals surface area contributed by atoms with Gasteiger partial charge in [-0.1, -0.05) is 12.8 Å². The van der Waals surface area contributed by atoms with E-state index in [4.69, 9.17) is 0 Å². The monoisotopic (exact) mass is 297 g/mol. The lowest BCUT2D eigenvalue weighted by molar-refractivity contribution is 0.290. The molecule has 3 fully saturated rings. The molecule has 0 spiro atoms. The van der Waals surface area contributed by atoms with Gasteiger partial charge in [0.1, 0.15) is 17.8 Å². The molecule has 5 heteroatoms. The standard InChI is InChI=1S/C17H23N5/c1-2-4-11(3-1)15-14-6-5-12(21-14)9-22(15)17-13-7-8-18-16(13)19-10-20-17/h7-8,10-12,14-15,21H,1-6,9H2,(H,18,19,20). The first-order chi connectivity index (χ1) is 10.9. The Balaban J connectivity index is 1.59. The van der Waals surface area contributed by atoms with Crippen molar-refractivity contribution in [1.29, 1.82) is 0 Å². The molecule has 2 aromatic rings. The highest BCUT2D eigenvalue weighted by Gasteiger charge is 2.45. The molecule has 2 N–H and O–H groups in total. The van der Waals surface area contributed by atoms with Crippen LogP contribution in [0.25, 0.3) is 11.0 Å². The highest BCUT2D eigenvalue weighted by Crippen LogP contribution is 2.40. The van der Waals surface area contributed by atoms with Crippen LogP contribution in [0.5, 0.6) is 0 Å². The molecule has 0 aromatic carbocycles. The van der Waals surface area contributed by atoms with E-state index in [2.05, 4.69) is 31.2 Å². The van der Waals surface area contributed by atoms with Crippen molar-refractivity contribution in [3.8, 4) is 0 Å². The Hall–Kier alpha value is -1.62. The van der Waals surface area contributed by atoms with Gasteiger partial charge in [-0.3, -0.25) is 0 Å². The second-order valence-corrected chi connectivity index (χ2v) is 7.17. The van der Waals surface area contributed by atoms with Crippen LogP contribution < -0.4 is 10.2 Å². The Labute approximate surface area is 130 Å². The number of aromatic nitrogens is 3. The smallest absolute Gasteiger partial charge is 0.142 e. The summed E-state index contributed by atoms with van der Waals surface area (Å²) >= 11 is 0. The molecule has 1 aliphatic carbocycles. The van der Waals surface area contributed by atoms with Crippen molar-refractivity contribution >= 4 is 16.9 Å². The summed E-state index contributed by atoms with van der Waals surface area (Å²) in [6, 6.07) is 4.01. The van der Waals surface area contributed by atoms with Gasteiger partial charge in [0.25, 0.3) is 0 Å². The summed E-state index contributed by atoms with van der Waals surface area (Å²) in [7, 11) is 0. The van der Waals surface area contributed by atoms with Crippen LogP contribution in [0.15, 0.2) is 18.6 Å². The topological polar surface area (TPSA) is 56.8 Å². The number of H-pyrrole nitrogens is 1. The molecule has 3 atom stereocenters. The average molecular weight is 297 g/mol. The van der Waals surface area contributed by atoms with E-state index < -0.39 is 0 Å². The van der Waals surface area contributed by atoms with Crippen molar-refractivity contribution in [3.63, 3.8) is 0 Å². The van der Waals surface area contributed by atoms with Crippen molar-refractivity contribution in [2.45, 2.75) is 56.7 Å². The van der Waals surface area contributed by atoms with E-state index in [1.807, 2.05) is 6.20 Å². The summed E-state index contributed by atoms with van der Waals surface area (Å²) < 4.78 is 0. The molecule has 1 saturated carbocycles. The molecule has 2 saturated heterocycles. The lowest BCUT2D eigenvalue weighted by atomic mass is 9.89. The summed E-state index contributed by atoms with van der Waals surface area (Å²) in [6.45, 7) is 1.09. The van der Waals surface area contributed by atoms with Crippen LogP contribution in [-0.2, 0) is 0 Å². The van der Waals surface area contributed by atoms with E-state index >= 15 is 0 Å². The van der Waals surface area contributed by atoms with E-state index in [1.165, 1.54) is 43.9 Å². The van der Waals surface area contributed by atoms with E-state index in [-0.39, 0.29) is 0 Å². The average Bonchev–Trinajstić information content (AvgIpc) is 3.27. The summed E-state index contributed by atoms with van der Waals surface area (Å²) in [6.07, 6.45) is 11.9. The predicted octanol–water partition coefficient (Wildman–Crippen LogP) is 2.46. The first-order valence-corrected chi connectivity index (χ1v) is 8.71. The number of hydrogen-bond acceptors (Lipinski definition) is 4. The quantitative estimate of drug-likeness (QED) is 0.894. The van der Waals surface area contributed by atoms with Crippen molar-refractivity contribution < 1.29 is 0 Å². The van der Waals surface area contributed by atoms with Crippen LogP contribution in [0.4, 0.5) is 5.82 Å². The van der Waals surface area contributed by atoms with Crippen LogP contribution in [0.3, 0.4) is 0 Å². The maximum absolute atomic E-state index is 4.69. The second-order valence-electron chi connectivity index (χ2n) is 7.17. The molecule has 2 aromatic heterocycles. The zero-order valence-electron chi connectivity index (χ0n) is 12.8. The molecule has 3 unspecified atom stereocenters. The number of piperazine rings is 1. The van der Waals surface area contributed by atoms with Gasteiger partial charge in [0.15, 0.2) is 0 Å². The normalized spacial score (nSPS) is 32.2. The third-order valence-electron chi connectivity index (χ3n) is 5.95. The number of hydrogen-bond donors (Lipinski definition) is 2. The largest absolute Gasteiger partial charge is 0.350 e. The van der Waals surface area contributed by atoms with Gasteiger partial charge in [0.05, 0.1) is 5.39 Å². The van der Waals surface area contributed by atoms with Gasteiger partial charge in [-0.05, 0) is 37.7 Å². The van der Waals surface area contributed by atoms with Gasteiger partial charge in [-0.25, -0.2) is 9.97 Å². The van der Waals surface area contributed by atoms with E-state index in [0.717, 1.165) is 23.9 Å². The molecule has 22 heavy (non-hydrogen) atoms. The Kier molecular flexibility index (Phi) is 2.90. The summed E-state index contributed by atoms with van der Waals surface area (Å²) in [5, 5.41) is 5.04. The lowest BCUT2D eigenvalue weighted by Gasteiger charge is -2.45. The molecule has 2 bridgehead atoms. The van der Waals surface area contributed by atoms with Crippen molar-refractivity contribution in [2.24, 2.45) is 5.92 Å². The van der Waals surface area contributed by atoms with Crippen LogP contribution in [-0.4, -0.2) is 39.6 Å². The third kappa shape index (κ3) is 1.88. The molecular formula is C17H23N5. The van der Waals surface area contributed by atoms with Gasteiger partial charge in [0.2, 0.25) is 0 Å². The highest BCUT2D eigenvalue weighted by molar-refractivity contribution is 5.87. The Morgan fingerprint density at radius 2 is 2.00 bits per heavy atom. The van der Waals surface area contributed by atoms with Crippen molar-refractivity contribution in [3.05, 3.63) is 18.6 Å². The lowest BCUT2D eigenvalue weighted by Crippen LogP contribution is -2.60. The Morgan fingerprint density at radius 3 is 2.91 bits per heavy atom. The van der Waals surface area contributed by atoms with E-state index in [0.29, 0.717) is 18.1 Å². The minimum atomic E-state index is 0.606. The number of nitrogens with one attached hydrogen (secondary N) is 2. The van der Waals surface area contributed by atoms with Gasteiger partial charge >= 0.3 is 0 Å². The summed E-state index contributed by atoms with van der Waals surface area (Å²) in [5.74, 6) is 1.96. The summed E-state index contributed by atoms with van der Waals surface area (Å²) in [4.78, 5) is 14.9. The zero-order valence-corrected chi connectivity index (χ0v) is 12.8. The second kappa shape index (κ2) is 4.95. The number of anilines is 1. The Morgan fingerprint density at radius 1 is 1.09 bits per heavy atom. The molecule has 0 amide bonds. The fraction of sp³-hybridized carbons (Fsp3) is 0.647. The predicted molar refractivity (Wildman–Crippen MR) is 86.9 cm³/mol. The maximum Gasteiger partial charge on any atom is 0.142 e. The number of fused-ring (bicyclic) bond motifs is 3. The van der Waals surface area contributed by atoms with Crippen molar-refractivity contribution in [1.82, 2.24) is 20.3 Å². The first kappa shape index (κ1) is 12.9. The zero-order chi connectivity index (χ0) is 14.5. The van der Waals surface area contributed by atoms with Gasteiger partial charge < -0.3 is 15.2 Å². The Bertz CT molecular complexity index is 672. The minimum Gasteiger partial charge on any atom is -0.350 e. The van der Waals surface area contributed by atoms with Gasteiger partial charge in [-0.2, -0.15) is 0 Å². The SMILES string of the molecule is c1nc(N2CC3CCC(N3)C2C2CCCC2)c2cc[nH]c2n1.